The van der Waals surface area contributed by atoms with Gasteiger partial charge in [0.2, 0.25) is 6.79 Å². The third kappa shape index (κ3) is 7.83. The van der Waals surface area contributed by atoms with Crippen LogP contribution in [0.4, 0.5) is 4.39 Å². The van der Waals surface area contributed by atoms with Crippen molar-refractivity contribution < 1.29 is 51.8 Å². The van der Waals surface area contributed by atoms with Gasteiger partial charge >= 0.3 is 5.97 Å². The van der Waals surface area contributed by atoms with Crippen LogP contribution in [0, 0.1) is 5.82 Å². The first-order valence-corrected chi connectivity index (χ1v) is 15.3. The van der Waals surface area contributed by atoms with Gasteiger partial charge < -0.3 is 42.6 Å². The minimum absolute atomic E-state index is 0.00863. The quantitative estimate of drug-likeness (QED) is 0.0467. The predicted molar refractivity (Wildman–Crippen MR) is 166 cm³/mol. The molecule has 0 saturated carbocycles. The second-order valence-corrected chi connectivity index (χ2v) is 11.3. The molecule has 2 fully saturated rings. The summed E-state index contributed by atoms with van der Waals surface area (Å²) in [6.45, 7) is 4.40. The highest BCUT2D eigenvalue weighted by Gasteiger charge is 2.27. The second kappa shape index (κ2) is 14.0. The zero-order chi connectivity index (χ0) is 32.2. The Hall–Kier alpha value is -4.68. The predicted octanol–water partition coefficient (Wildman–Crippen LogP) is 6.10. The van der Waals surface area contributed by atoms with Crippen molar-refractivity contribution in [3.8, 4) is 39.9 Å². The molecule has 4 aromatic carbocycles. The SMILES string of the molecule is CC1c2cc(OCOc3ccc(OCOCC4CO4)cc3F)ccc2-c2ccc(OC(=O)c3ccc(OCOCC4CO4)cc3)cc21. The highest BCUT2D eigenvalue weighted by Crippen LogP contribution is 2.47. The van der Waals surface area contributed by atoms with Crippen molar-refractivity contribution >= 4 is 5.97 Å². The molecule has 4 aromatic rings. The van der Waals surface area contributed by atoms with Crippen molar-refractivity contribution in [2.24, 2.45) is 0 Å². The van der Waals surface area contributed by atoms with Crippen LogP contribution in [0.2, 0.25) is 0 Å². The fourth-order valence-electron chi connectivity index (χ4n) is 5.22. The number of halogens is 1. The van der Waals surface area contributed by atoms with Gasteiger partial charge in [-0.25, -0.2) is 9.18 Å². The average Bonchev–Trinajstić information content (AvgIpc) is 4.03. The molecule has 0 bridgehead atoms. The number of carbonyl (C=O) groups is 1. The van der Waals surface area contributed by atoms with E-state index in [4.69, 9.17) is 42.6 Å². The van der Waals surface area contributed by atoms with Gasteiger partial charge in [-0.1, -0.05) is 19.1 Å². The number of carbonyl (C=O) groups excluding carboxylic acids is 1. The Morgan fingerprint density at radius 2 is 1.21 bits per heavy atom. The number of fused-ring (bicyclic) bond motifs is 3. The van der Waals surface area contributed by atoms with Crippen molar-refractivity contribution in [3.05, 3.63) is 101 Å². The van der Waals surface area contributed by atoms with E-state index in [0.29, 0.717) is 48.4 Å². The summed E-state index contributed by atoms with van der Waals surface area (Å²) in [5.74, 6) is 0.991. The van der Waals surface area contributed by atoms with Crippen molar-refractivity contribution in [3.63, 3.8) is 0 Å². The smallest absolute Gasteiger partial charge is 0.343 e. The standard InChI is InChI=1S/C36H33FO10/c1-22-32-12-25(45-21-46-35-11-8-26(14-34(35)37)44-20-40-16-29-18-42-29)6-9-30(32)31-10-7-27(13-33(22)31)47-36(38)23-2-4-24(5-3-23)43-19-39-15-28-17-41-28/h2-14,22,28-29H,15-21H2,1H3. The van der Waals surface area contributed by atoms with Gasteiger partial charge in [0, 0.05) is 12.0 Å². The van der Waals surface area contributed by atoms with E-state index in [0.717, 1.165) is 28.9 Å². The van der Waals surface area contributed by atoms with Crippen LogP contribution >= 0.6 is 0 Å². The summed E-state index contributed by atoms with van der Waals surface area (Å²) in [6, 6.07) is 22.4. The van der Waals surface area contributed by atoms with Crippen LogP contribution in [-0.2, 0) is 18.9 Å². The zero-order valence-corrected chi connectivity index (χ0v) is 25.6. The van der Waals surface area contributed by atoms with Crippen molar-refractivity contribution in [2.45, 2.75) is 25.0 Å². The molecule has 0 aromatic heterocycles. The minimum Gasteiger partial charge on any atom is -0.468 e. The lowest BCUT2D eigenvalue weighted by Gasteiger charge is -2.12. The van der Waals surface area contributed by atoms with Crippen LogP contribution < -0.4 is 23.7 Å². The Labute approximate surface area is 270 Å². The number of hydrogen-bond acceptors (Lipinski definition) is 10. The maximum Gasteiger partial charge on any atom is 0.343 e. The number of ether oxygens (including phenoxy) is 9. The molecule has 11 heteroatoms. The maximum absolute atomic E-state index is 14.5. The molecule has 0 spiro atoms. The van der Waals surface area contributed by atoms with Crippen LogP contribution in [0.3, 0.4) is 0 Å². The summed E-state index contributed by atoms with van der Waals surface area (Å²) in [5.41, 5.74) is 4.63. The molecule has 2 saturated heterocycles. The number of rotatable bonds is 16. The third-order valence-corrected chi connectivity index (χ3v) is 7.94. The molecule has 2 aliphatic heterocycles. The third-order valence-electron chi connectivity index (χ3n) is 7.94. The van der Waals surface area contributed by atoms with Gasteiger partial charge in [-0.15, -0.1) is 0 Å². The summed E-state index contributed by atoms with van der Waals surface area (Å²) in [7, 11) is 0. The number of epoxide rings is 2. The first-order valence-electron chi connectivity index (χ1n) is 15.3. The van der Waals surface area contributed by atoms with Crippen LogP contribution in [0.25, 0.3) is 11.1 Å². The zero-order valence-electron chi connectivity index (χ0n) is 25.6. The summed E-state index contributed by atoms with van der Waals surface area (Å²) in [5, 5.41) is 0. The van der Waals surface area contributed by atoms with Gasteiger partial charge in [-0.05, 0) is 82.9 Å². The molecule has 244 valence electrons. The fourth-order valence-corrected chi connectivity index (χ4v) is 5.22. The van der Waals surface area contributed by atoms with Crippen LogP contribution in [0.5, 0.6) is 28.7 Å². The topological polar surface area (TPSA) is 107 Å². The van der Waals surface area contributed by atoms with Crippen molar-refractivity contribution in [1.29, 1.82) is 0 Å². The van der Waals surface area contributed by atoms with E-state index in [9.17, 15) is 9.18 Å². The molecule has 0 radical (unpaired) electrons. The first kappa shape index (κ1) is 30.9. The largest absolute Gasteiger partial charge is 0.468 e. The Morgan fingerprint density at radius 1 is 0.681 bits per heavy atom. The Kier molecular flexibility index (Phi) is 9.20. The van der Waals surface area contributed by atoms with Gasteiger partial charge in [-0.2, -0.15) is 0 Å². The van der Waals surface area contributed by atoms with Crippen LogP contribution in [0.15, 0.2) is 78.9 Å². The molecule has 10 nitrogen and oxygen atoms in total. The monoisotopic (exact) mass is 644 g/mol. The first-order chi connectivity index (χ1) is 23.0. The molecule has 3 unspecified atom stereocenters. The summed E-state index contributed by atoms with van der Waals surface area (Å²) in [6.07, 6.45) is 0.309. The molecule has 0 N–H and O–H groups in total. The summed E-state index contributed by atoms with van der Waals surface area (Å²) in [4.78, 5) is 12.9. The van der Waals surface area contributed by atoms with Gasteiger partial charge in [-0.3, -0.25) is 0 Å². The molecule has 2 heterocycles. The fraction of sp³-hybridized carbons (Fsp3) is 0.306. The van der Waals surface area contributed by atoms with E-state index in [2.05, 4.69) is 6.92 Å². The maximum atomic E-state index is 14.5. The van der Waals surface area contributed by atoms with Crippen molar-refractivity contribution in [1.82, 2.24) is 0 Å². The summed E-state index contributed by atoms with van der Waals surface area (Å²) >= 11 is 0. The molecule has 47 heavy (non-hydrogen) atoms. The van der Waals surface area contributed by atoms with Gasteiger partial charge in [0.15, 0.2) is 25.2 Å². The van der Waals surface area contributed by atoms with Gasteiger partial charge in [0.1, 0.15) is 35.2 Å². The van der Waals surface area contributed by atoms with Gasteiger partial charge in [0.05, 0.1) is 32.0 Å². The molecular weight excluding hydrogens is 611 g/mol. The van der Waals surface area contributed by atoms with Crippen molar-refractivity contribution in [2.75, 3.05) is 46.8 Å². The molecule has 3 atom stereocenters. The lowest BCUT2D eigenvalue weighted by molar-refractivity contribution is 0.00792. The lowest BCUT2D eigenvalue weighted by Crippen LogP contribution is -2.10. The molecule has 7 rings (SSSR count). The molecule has 3 aliphatic rings. The van der Waals surface area contributed by atoms with Crippen LogP contribution in [0.1, 0.15) is 34.3 Å². The Morgan fingerprint density at radius 3 is 1.85 bits per heavy atom. The molecule has 1 aliphatic carbocycles. The molecular formula is C36H33FO10. The normalized spacial score (nSPS) is 18.6. The number of benzene rings is 4. The van der Waals surface area contributed by atoms with E-state index in [-0.39, 0.29) is 44.3 Å². The highest BCUT2D eigenvalue weighted by molar-refractivity contribution is 5.91. The number of hydrogen-bond donors (Lipinski definition) is 0. The highest BCUT2D eigenvalue weighted by atomic mass is 19.1. The number of esters is 1. The van der Waals surface area contributed by atoms with E-state index in [1.165, 1.54) is 12.1 Å². The molecule has 0 amide bonds. The second-order valence-electron chi connectivity index (χ2n) is 11.3. The van der Waals surface area contributed by atoms with Crippen LogP contribution in [-0.4, -0.2) is 65.0 Å². The van der Waals surface area contributed by atoms with E-state index >= 15 is 0 Å². The Balaban J connectivity index is 0.905. The lowest BCUT2D eigenvalue weighted by atomic mass is 9.99. The van der Waals surface area contributed by atoms with Gasteiger partial charge in [0.25, 0.3) is 0 Å². The minimum atomic E-state index is -0.571. The average molecular weight is 645 g/mol. The summed E-state index contributed by atoms with van der Waals surface area (Å²) < 4.78 is 63.4. The Bertz CT molecular complexity index is 1720. The van der Waals surface area contributed by atoms with E-state index < -0.39 is 11.8 Å². The van der Waals surface area contributed by atoms with E-state index in [1.54, 1.807) is 36.4 Å². The van der Waals surface area contributed by atoms with E-state index in [1.807, 2.05) is 30.3 Å².